The predicted octanol–water partition coefficient (Wildman–Crippen LogP) is 0.858. The lowest BCUT2D eigenvalue weighted by Crippen LogP contribution is -2.38. The van der Waals surface area contributed by atoms with E-state index in [2.05, 4.69) is 5.32 Å². The molecule has 1 rings (SSSR count). The fourth-order valence-corrected chi connectivity index (χ4v) is 1.23. The van der Waals surface area contributed by atoms with Gasteiger partial charge in [0.05, 0.1) is 12.6 Å². The van der Waals surface area contributed by atoms with Gasteiger partial charge in [-0.25, -0.2) is 4.79 Å². The first-order valence-corrected chi connectivity index (χ1v) is 4.36. The van der Waals surface area contributed by atoms with Crippen molar-refractivity contribution in [1.82, 2.24) is 5.32 Å². The van der Waals surface area contributed by atoms with Gasteiger partial charge < -0.3 is 15.5 Å². The van der Waals surface area contributed by atoms with Gasteiger partial charge in [-0.15, -0.1) is 0 Å². The molecule has 0 saturated heterocycles. The van der Waals surface area contributed by atoms with Crippen molar-refractivity contribution < 1.29 is 15.0 Å². The number of carboxylic acid groups (broad SMARTS) is 1. The average molecular weight is 195 g/mol. The summed E-state index contributed by atoms with van der Waals surface area (Å²) in [7, 11) is 0. The van der Waals surface area contributed by atoms with Crippen LogP contribution in [0.1, 0.15) is 5.56 Å². The third kappa shape index (κ3) is 3.45. The number of hydrogen-bond donors (Lipinski definition) is 3. The van der Waals surface area contributed by atoms with Gasteiger partial charge in [0, 0.05) is 0 Å². The van der Waals surface area contributed by atoms with Crippen LogP contribution in [0.25, 0.3) is 0 Å². The standard InChI is InChI=1S/C10H13NO3/c12-7-9(11-10(13)14)6-8-4-2-1-3-5-8/h1-5,9,11-12H,6-7H2,(H,13,14)/t9-/m1/s1. The molecule has 4 heteroatoms. The molecule has 0 aliphatic rings. The predicted molar refractivity (Wildman–Crippen MR) is 52.2 cm³/mol. The van der Waals surface area contributed by atoms with Gasteiger partial charge in [0.2, 0.25) is 0 Å². The highest BCUT2D eigenvalue weighted by Gasteiger charge is 2.10. The van der Waals surface area contributed by atoms with E-state index in [1.54, 1.807) is 0 Å². The lowest BCUT2D eigenvalue weighted by molar-refractivity contribution is 0.177. The molecule has 0 saturated carbocycles. The van der Waals surface area contributed by atoms with E-state index in [-0.39, 0.29) is 6.61 Å². The van der Waals surface area contributed by atoms with Crippen molar-refractivity contribution in [3.8, 4) is 0 Å². The second-order valence-electron chi connectivity index (χ2n) is 3.02. The Bertz CT molecular complexity index is 287. The quantitative estimate of drug-likeness (QED) is 0.667. The third-order valence-corrected chi connectivity index (χ3v) is 1.87. The maximum atomic E-state index is 10.3. The van der Waals surface area contributed by atoms with Gasteiger partial charge >= 0.3 is 6.09 Å². The summed E-state index contributed by atoms with van der Waals surface area (Å²) in [5.74, 6) is 0. The van der Waals surface area contributed by atoms with Gasteiger partial charge in [-0.3, -0.25) is 0 Å². The van der Waals surface area contributed by atoms with Crippen LogP contribution in [-0.2, 0) is 6.42 Å². The highest BCUT2D eigenvalue weighted by molar-refractivity contribution is 5.64. The largest absolute Gasteiger partial charge is 0.465 e. The van der Waals surface area contributed by atoms with Crippen molar-refractivity contribution >= 4 is 6.09 Å². The molecule has 1 aromatic rings. The summed E-state index contributed by atoms with van der Waals surface area (Å²) in [5, 5.41) is 19.6. The molecule has 0 unspecified atom stereocenters. The molecule has 3 N–H and O–H groups in total. The Morgan fingerprint density at radius 1 is 1.36 bits per heavy atom. The summed E-state index contributed by atoms with van der Waals surface area (Å²) in [6, 6.07) is 9.00. The van der Waals surface area contributed by atoms with E-state index in [4.69, 9.17) is 10.2 Å². The number of aliphatic hydroxyl groups is 1. The first-order valence-electron chi connectivity index (χ1n) is 4.36. The van der Waals surface area contributed by atoms with Crippen LogP contribution in [0.15, 0.2) is 30.3 Å². The van der Waals surface area contributed by atoms with E-state index in [9.17, 15) is 4.79 Å². The van der Waals surface area contributed by atoms with E-state index in [0.717, 1.165) is 5.56 Å². The molecule has 76 valence electrons. The highest BCUT2D eigenvalue weighted by atomic mass is 16.4. The van der Waals surface area contributed by atoms with Crippen LogP contribution in [-0.4, -0.2) is 29.0 Å². The number of rotatable bonds is 4. The molecule has 1 aromatic carbocycles. The Balaban J connectivity index is 2.53. The topological polar surface area (TPSA) is 69.6 Å². The second kappa shape index (κ2) is 5.24. The number of aliphatic hydroxyl groups excluding tert-OH is 1. The second-order valence-corrected chi connectivity index (χ2v) is 3.02. The first-order chi connectivity index (χ1) is 6.72. The van der Waals surface area contributed by atoms with Crippen LogP contribution in [0.4, 0.5) is 4.79 Å². The summed E-state index contributed by atoms with van der Waals surface area (Å²) < 4.78 is 0. The maximum Gasteiger partial charge on any atom is 0.404 e. The Kier molecular flexibility index (Phi) is 3.94. The smallest absolute Gasteiger partial charge is 0.404 e. The van der Waals surface area contributed by atoms with Crippen LogP contribution in [0.3, 0.4) is 0 Å². The number of hydrogen-bond acceptors (Lipinski definition) is 2. The zero-order chi connectivity index (χ0) is 10.4. The molecule has 0 radical (unpaired) electrons. The molecule has 0 spiro atoms. The maximum absolute atomic E-state index is 10.3. The van der Waals surface area contributed by atoms with Gasteiger partial charge in [0.15, 0.2) is 0 Å². The highest BCUT2D eigenvalue weighted by Crippen LogP contribution is 2.02. The molecule has 0 aliphatic carbocycles. The Morgan fingerprint density at radius 2 is 2.00 bits per heavy atom. The number of benzene rings is 1. The Labute approximate surface area is 82.2 Å². The lowest BCUT2D eigenvalue weighted by atomic mass is 10.1. The minimum Gasteiger partial charge on any atom is -0.465 e. The van der Waals surface area contributed by atoms with E-state index < -0.39 is 12.1 Å². The van der Waals surface area contributed by atoms with Gasteiger partial charge in [-0.2, -0.15) is 0 Å². The Morgan fingerprint density at radius 3 is 2.50 bits per heavy atom. The minimum atomic E-state index is -1.11. The van der Waals surface area contributed by atoms with Crippen molar-refractivity contribution in [2.45, 2.75) is 12.5 Å². The number of nitrogens with one attached hydrogen (secondary N) is 1. The zero-order valence-electron chi connectivity index (χ0n) is 7.68. The first kappa shape index (κ1) is 10.5. The van der Waals surface area contributed by atoms with Crippen LogP contribution in [0.5, 0.6) is 0 Å². The van der Waals surface area contributed by atoms with E-state index in [0.29, 0.717) is 6.42 Å². The minimum absolute atomic E-state index is 0.193. The number of amides is 1. The molecule has 0 fully saturated rings. The van der Waals surface area contributed by atoms with Crippen molar-refractivity contribution in [1.29, 1.82) is 0 Å². The molecule has 0 aromatic heterocycles. The van der Waals surface area contributed by atoms with Crippen LogP contribution >= 0.6 is 0 Å². The SMILES string of the molecule is O=C(O)N[C@@H](CO)Cc1ccccc1. The van der Waals surface area contributed by atoms with Gasteiger partial charge in [0.1, 0.15) is 0 Å². The molecule has 1 atom stereocenters. The zero-order valence-corrected chi connectivity index (χ0v) is 7.68. The van der Waals surface area contributed by atoms with E-state index in [1.165, 1.54) is 0 Å². The van der Waals surface area contributed by atoms with Gasteiger partial charge in [-0.05, 0) is 12.0 Å². The summed E-state index contributed by atoms with van der Waals surface area (Å²) in [6.45, 7) is -0.193. The molecule has 0 aliphatic heterocycles. The van der Waals surface area contributed by atoms with Crippen molar-refractivity contribution in [3.05, 3.63) is 35.9 Å². The van der Waals surface area contributed by atoms with Gasteiger partial charge in [-0.1, -0.05) is 30.3 Å². The third-order valence-electron chi connectivity index (χ3n) is 1.87. The van der Waals surface area contributed by atoms with Crippen LogP contribution in [0.2, 0.25) is 0 Å². The van der Waals surface area contributed by atoms with Crippen molar-refractivity contribution in [2.75, 3.05) is 6.61 Å². The normalized spacial score (nSPS) is 12.1. The summed E-state index contributed by atoms with van der Waals surface area (Å²) in [6.07, 6.45) is -0.608. The fraction of sp³-hybridized carbons (Fsp3) is 0.300. The van der Waals surface area contributed by atoms with E-state index in [1.807, 2.05) is 30.3 Å². The Hall–Kier alpha value is -1.55. The monoisotopic (exact) mass is 195 g/mol. The fourth-order valence-electron chi connectivity index (χ4n) is 1.23. The summed E-state index contributed by atoms with van der Waals surface area (Å²) in [5.41, 5.74) is 1.00. The summed E-state index contributed by atoms with van der Waals surface area (Å²) in [4.78, 5) is 10.3. The molecular weight excluding hydrogens is 182 g/mol. The van der Waals surface area contributed by atoms with Gasteiger partial charge in [0.25, 0.3) is 0 Å². The lowest BCUT2D eigenvalue weighted by Gasteiger charge is -2.13. The average Bonchev–Trinajstić information content (AvgIpc) is 2.17. The van der Waals surface area contributed by atoms with Crippen LogP contribution < -0.4 is 5.32 Å². The number of carbonyl (C=O) groups is 1. The molecule has 0 bridgehead atoms. The molecule has 0 heterocycles. The van der Waals surface area contributed by atoms with Crippen molar-refractivity contribution in [3.63, 3.8) is 0 Å². The molecular formula is C10H13NO3. The van der Waals surface area contributed by atoms with E-state index >= 15 is 0 Å². The van der Waals surface area contributed by atoms with Crippen LogP contribution in [0, 0.1) is 0 Å². The molecule has 14 heavy (non-hydrogen) atoms. The molecule has 4 nitrogen and oxygen atoms in total. The molecule has 1 amide bonds. The van der Waals surface area contributed by atoms with Crippen molar-refractivity contribution in [2.24, 2.45) is 0 Å². The summed E-state index contributed by atoms with van der Waals surface area (Å²) >= 11 is 0.